The van der Waals surface area contributed by atoms with Gasteiger partial charge in [0.25, 0.3) is 0 Å². The number of aliphatic hydroxyl groups excluding tert-OH is 5. The largest absolute Gasteiger partial charge is 0.465 e. The lowest BCUT2D eigenvalue weighted by Gasteiger charge is -2.63. The summed E-state index contributed by atoms with van der Waals surface area (Å²) in [6.45, 7) is 4.97. The molecule has 1 saturated heterocycles. The molecule has 1 aromatic rings. The van der Waals surface area contributed by atoms with Crippen molar-refractivity contribution in [2.24, 2.45) is 11.8 Å². The van der Waals surface area contributed by atoms with Crippen LogP contribution >= 0.6 is 0 Å². The molecule has 1 aliphatic heterocycles. The molecule has 6 rings (SSSR count). The molecule has 1 aromatic heterocycles. The lowest BCUT2D eigenvalue weighted by molar-refractivity contribution is -0.200. The van der Waals surface area contributed by atoms with Crippen LogP contribution < -0.4 is 0 Å². The summed E-state index contributed by atoms with van der Waals surface area (Å²) in [5.74, 6) is 0.385. The van der Waals surface area contributed by atoms with Gasteiger partial charge >= 0.3 is 6.09 Å². The summed E-state index contributed by atoms with van der Waals surface area (Å²) in [5, 5.41) is 78.0. The Morgan fingerprint density at radius 2 is 1.70 bits per heavy atom. The molecule has 6 N–H and O–H groups in total. The van der Waals surface area contributed by atoms with Crippen molar-refractivity contribution in [3.05, 3.63) is 11.9 Å². The van der Waals surface area contributed by atoms with Crippen molar-refractivity contribution in [2.45, 2.75) is 139 Å². The fraction of sp³-hybridized carbons (Fsp3) is 0.872. The molecule has 9 atom stereocenters. The number of ether oxygens (including phenoxy) is 3. The molecule has 5 aliphatic rings. The smallest absolute Gasteiger partial charge is 0.408 e. The van der Waals surface area contributed by atoms with Crippen molar-refractivity contribution in [2.75, 3.05) is 65.8 Å². The van der Waals surface area contributed by atoms with Crippen molar-refractivity contribution in [1.29, 1.82) is 5.26 Å². The number of aliphatic hydroxyl groups is 5. The standard InChI is InChI=1S/C39H65N7O11/c1-2-3-4-5-8-43(24-32(48)35(51)36(52)33(49)26-47)22-30-23-44(42-41-30)10-11-55-12-13-56-14-15-57-39-19-28-16-29(20-39)18-38(17-28,27-39)46(37(53)54)25-34(50)45-9-6-7-31(45)21-40/h23,28-29,31-33,35-36,47-49,51-52H,2-20,22,24-27H2,1H3,(H,53,54)/t28-,29?,31?,32-,33+,35+,36+,38?,39?/m0/s1. The van der Waals surface area contributed by atoms with Gasteiger partial charge in [0.2, 0.25) is 5.91 Å². The van der Waals surface area contributed by atoms with E-state index in [0.717, 1.165) is 64.2 Å². The summed E-state index contributed by atoms with van der Waals surface area (Å²) in [4.78, 5) is 30.7. The van der Waals surface area contributed by atoms with Crippen molar-refractivity contribution in [3.8, 4) is 6.07 Å². The van der Waals surface area contributed by atoms with Gasteiger partial charge in [-0.25, -0.2) is 9.48 Å². The van der Waals surface area contributed by atoms with Gasteiger partial charge in [0.1, 0.15) is 30.9 Å². The van der Waals surface area contributed by atoms with Crippen LogP contribution in [-0.4, -0.2) is 180 Å². The number of nitriles is 1. The van der Waals surface area contributed by atoms with Gasteiger partial charge in [0.05, 0.1) is 75.2 Å². The molecule has 0 radical (unpaired) electrons. The highest BCUT2D eigenvalue weighted by atomic mass is 16.6. The van der Waals surface area contributed by atoms with Crippen LogP contribution in [0.2, 0.25) is 0 Å². The zero-order chi connectivity index (χ0) is 41.0. The van der Waals surface area contributed by atoms with E-state index >= 15 is 0 Å². The maximum Gasteiger partial charge on any atom is 0.408 e. The summed E-state index contributed by atoms with van der Waals surface area (Å²) < 4.78 is 19.8. The second kappa shape index (κ2) is 21.3. The Balaban J connectivity index is 1.01. The first kappa shape index (κ1) is 45.1. The Labute approximate surface area is 335 Å². The van der Waals surface area contributed by atoms with E-state index in [1.165, 1.54) is 9.80 Å². The Morgan fingerprint density at radius 1 is 1.00 bits per heavy atom. The van der Waals surface area contributed by atoms with Crippen LogP contribution in [0.4, 0.5) is 4.79 Å². The number of likely N-dealkylation sites (tertiary alicyclic amines) is 1. The van der Waals surface area contributed by atoms with Crippen LogP contribution in [-0.2, 0) is 32.1 Å². The van der Waals surface area contributed by atoms with Gasteiger partial charge < -0.3 is 49.7 Å². The maximum absolute atomic E-state index is 13.3. The normalized spacial score (nSPS) is 27.4. The third kappa shape index (κ3) is 12.0. The van der Waals surface area contributed by atoms with Crippen molar-refractivity contribution >= 4 is 12.0 Å². The van der Waals surface area contributed by atoms with Crippen LogP contribution in [0.25, 0.3) is 0 Å². The Bertz CT molecular complexity index is 1450. The number of hydrogen-bond acceptors (Lipinski definition) is 14. The fourth-order valence-corrected chi connectivity index (χ4v) is 9.96. The van der Waals surface area contributed by atoms with E-state index in [1.807, 2.05) is 4.90 Å². The Kier molecular flexibility index (Phi) is 16.9. The zero-order valence-corrected chi connectivity index (χ0v) is 33.4. The highest BCUT2D eigenvalue weighted by molar-refractivity contribution is 5.83. The molecule has 18 heteroatoms. The molecule has 4 unspecified atom stereocenters. The number of aromatic nitrogens is 3. The molecule has 0 spiro atoms. The number of nitrogens with zero attached hydrogens (tertiary/aromatic N) is 7. The number of carboxylic acid groups (broad SMARTS) is 1. The summed E-state index contributed by atoms with van der Waals surface area (Å²) >= 11 is 0. The fourth-order valence-electron chi connectivity index (χ4n) is 9.96. The topological polar surface area (TPSA) is 247 Å². The minimum absolute atomic E-state index is 0.0298. The minimum Gasteiger partial charge on any atom is -0.465 e. The molecule has 4 saturated carbocycles. The summed E-state index contributed by atoms with van der Waals surface area (Å²) in [7, 11) is 0. The van der Waals surface area contributed by atoms with Gasteiger partial charge in [-0.3, -0.25) is 14.6 Å². The number of unbranched alkanes of at least 4 members (excludes halogenated alkanes) is 3. The third-order valence-electron chi connectivity index (χ3n) is 12.3. The van der Waals surface area contributed by atoms with Crippen LogP contribution in [0.15, 0.2) is 6.20 Å². The molecule has 2 heterocycles. The number of amides is 2. The second-order valence-electron chi connectivity index (χ2n) is 16.8. The van der Waals surface area contributed by atoms with Gasteiger partial charge in [0, 0.05) is 25.8 Å². The lowest BCUT2D eigenvalue weighted by atomic mass is 9.50. The first-order valence-electron chi connectivity index (χ1n) is 20.8. The molecule has 4 aliphatic carbocycles. The summed E-state index contributed by atoms with van der Waals surface area (Å²) in [6.07, 6.45) is 4.70. The van der Waals surface area contributed by atoms with Crippen LogP contribution in [0, 0.1) is 23.2 Å². The van der Waals surface area contributed by atoms with Crippen LogP contribution in [0.3, 0.4) is 0 Å². The third-order valence-corrected chi connectivity index (χ3v) is 12.3. The number of carbonyl (C=O) groups excluding carboxylic acids is 1. The molecule has 2 amide bonds. The van der Waals surface area contributed by atoms with E-state index in [1.54, 1.807) is 10.9 Å². The summed E-state index contributed by atoms with van der Waals surface area (Å²) in [6, 6.07) is 1.69. The van der Waals surface area contributed by atoms with Crippen molar-refractivity contribution < 1.29 is 54.4 Å². The first-order valence-corrected chi connectivity index (χ1v) is 20.8. The molecule has 5 fully saturated rings. The molecule has 18 nitrogen and oxygen atoms in total. The van der Waals surface area contributed by atoms with Gasteiger partial charge in [-0.1, -0.05) is 31.4 Å². The molecule has 322 valence electrons. The molecular formula is C39H65N7O11. The number of rotatable bonds is 26. The average Bonchev–Trinajstić information content (AvgIpc) is 3.85. The van der Waals surface area contributed by atoms with Crippen LogP contribution in [0.5, 0.6) is 0 Å². The minimum atomic E-state index is -1.68. The highest BCUT2D eigenvalue weighted by Crippen LogP contribution is 2.60. The predicted octanol–water partition coefficient (Wildman–Crippen LogP) is 0.732. The van der Waals surface area contributed by atoms with Gasteiger partial charge in [-0.2, -0.15) is 5.26 Å². The van der Waals surface area contributed by atoms with Gasteiger partial charge in [-0.05, 0) is 76.2 Å². The zero-order valence-electron chi connectivity index (χ0n) is 33.4. The summed E-state index contributed by atoms with van der Waals surface area (Å²) in [5.41, 5.74) is -0.431. The second-order valence-corrected chi connectivity index (χ2v) is 16.8. The van der Waals surface area contributed by atoms with E-state index in [4.69, 9.17) is 19.3 Å². The van der Waals surface area contributed by atoms with E-state index in [0.29, 0.717) is 89.6 Å². The number of carbonyl (C=O) groups is 2. The highest BCUT2D eigenvalue weighted by Gasteiger charge is 2.61. The quantitative estimate of drug-likeness (QED) is 0.0707. The molecule has 4 bridgehead atoms. The predicted molar refractivity (Wildman–Crippen MR) is 203 cm³/mol. The van der Waals surface area contributed by atoms with E-state index < -0.39 is 54.3 Å². The Hall–Kier alpha value is -2.99. The Morgan fingerprint density at radius 3 is 2.39 bits per heavy atom. The SMILES string of the molecule is CCCCCCN(Cc1cn(CCOCCOCCOC23CC4C[C@H](C2)CC(N(CC(=O)N2CCCC2C#N)C(=O)O)(C4)C3)nn1)C[C@H](O)[C@@H](O)[C@H](O)[C@H](O)CO. The molecular weight excluding hydrogens is 742 g/mol. The van der Waals surface area contributed by atoms with Crippen LogP contribution in [0.1, 0.15) is 89.7 Å². The van der Waals surface area contributed by atoms with E-state index in [9.17, 15) is 40.4 Å². The lowest BCUT2D eigenvalue weighted by Crippen LogP contribution is -2.68. The van der Waals surface area contributed by atoms with Crippen molar-refractivity contribution in [1.82, 2.24) is 29.7 Å². The van der Waals surface area contributed by atoms with Gasteiger partial charge in [0.15, 0.2) is 0 Å². The van der Waals surface area contributed by atoms with E-state index in [2.05, 4.69) is 23.3 Å². The molecule has 0 aromatic carbocycles. The molecule has 57 heavy (non-hydrogen) atoms. The van der Waals surface area contributed by atoms with Crippen molar-refractivity contribution in [3.63, 3.8) is 0 Å². The number of hydrogen-bond donors (Lipinski definition) is 6. The van der Waals surface area contributed by atoms with E-state index in [-0.39, 0.29) is 19.0 Å². The first-order chi connectivity index (χ1) is 27.4. The maximum atomic E-state index is 13.3. The van der Waals surface area contributed by atoms with Gasteiger partial charge in [-0.15, -0.1) is 5.10 Å². The average molecular weight is 808 g/mol. The monoisotopic (exact) mass is 807 g/mol.